The number of amides is 1. The van der Waals surface area contributed by atoms with Crippen molar-refractivity contribution in [3.63, 3.8) is 0 Å². The lowest BCUT2D eigenvalue weighted by molar-refractivity contribution is -0.0723. The third-order valence-corrected chi connectivity index (χ3v) is 8.68. The van der Waals surface area contributed by atoms with Crippen LogP contribution in [0.4, 0.5) is 13.6 Å². The molecular weight excluding hydrogens is 500 g/mol. The number of piperidine rings is 1. The van der Waals surface area contributed by atoms with E-state index < -0.39 is 28.0 Å². The maximum atomic E-state index is 13.4. The predicted molar refractivity (Wildman–Crippen MR) is 137 cm³/mol. The van der Waals surface area contributed by atoms with Crippen molar-refractivity contribution in [2.75, 3.05) is 19.3 Å². The number of hydrogen-bond acceptors (Lipinski definition) is 5. The molecule has 5 rings (SSSR count). The zero-order valence-electron chi connectivity index (χ0n) is 21.0. The Balaban J connectivity index is 1.17. The SMILES string of the molecule is CS(=O)(=O)Cc1ccc(-c2ccc3c(c2)CCC2(CCN(C(=O)OC4CCC(F)(F)CC4)CC2)O3)cc1. The van der Waals surface area contributed by atoms with Gasteiger partial charge in [0.1, 0.15) is 17.5 Å². The van der Waals surface area contributed by atoms with Crippen LogP contribution in [0.3, 0.4) is 0 Å². The second-order valence-electron chi connectivity index (χ2n) is 10.8. The summed E-state index contributed by atoms with van der Waals surface area (Å²) in [4.78, 5) is 14.3. The average Bonchev–Trinajstić information content (AvgIpc) is 2.85. The Hall–Kier alpha value is -2.68. The molecule has 0 N–H and O–H groups in total. The maximum Gasteiger partial charge on any atom is 0.410 e. The van der Waals surface area contributed by atoms with Gasteiger partial charge in [0.15, 0.2) is 9.84 Å². The molecule has 37 heavy (non-hydrogen) atoms. The number of halogens is 2. The fraction of sp³-hybridized carbons (Fsp3) is 0.536. The quantitative estimate of drug-likeness (QED) is 0.499. The van der Waals surface area contributed by atoms with Crippen LogP contribution in [0.15, 0.2) is 42.5 Å². The van der Waals surface area contributed by atoms with Crippen LogP contribution in [0.2, 0.25) is 0 Å². The Morgan fingerprint density at radius 3 is 2.30 bits per heavy atom. The van der Waals surface area contributed by atoms with Crippen LogP contribution in [0, 0.1) is 0 Å². The highest BCUT2D eigenvalue weighted by atomic mass is 32.2. The van der Waals surface area contributed by atoms with Gasteiger partial charge in [0.05, 0.1) is 5.75 Å². The largest absolute Gasteiger partial charge is 0.487 e. The molecule has 3 aliphatic rings. The minimum absolute atomic E-state index is 0.0298. The first-order valence-corrected chi connectivity index (χ1v) is 15.0. The van der Waals surface area contributed by atoms with E-state index in [0.717, 1.165) is 40.8 Å². The topological polar surface area (TPSA) is 72.9 Å². The van der Waals surface area contributed by atoms with Crippen molar-refractivity contribution in [1.29, 1.82) is 0 Å². The normalized spacial score (nSPS) is 21.2. The Kier molecular flexibility index (Phi) is 6.94. The molecule has 200 valence electrons. The fourth-order valence-corrected chi connectivity index (χ4v) is 6.39. The molecule has 0 unspecified atom stereocenters. The van der Waals surface area contributed by atoms with Gasteiger partial charge in [-0.25, -0.2) is 22.0 Å². The van der Waals surface area contributed by atoms with Crippen LogP contribution < -0.4 is 4.74 Å². The molecule has 0 atom stereocenters. The summed E-state index contributed by atoms with van der Waals surface area (Å²) in [6.07, 6.45) is 3.51. The summed E-state index contributed by atoms with van der Waals surface area (Å²) in [6.45, 7) is 1.05. The number of rotatable bonds is 4. The minimum Gasteiger partial charge on any atom is -0.487 e. The van der Waals surface area contributed by atoms with Crippen molar-refractivity contribution in [1.82, 2.24) is 4.90 Å². The van der Waals surface area contributed by atoms with Crippen molar-refractivity contribution in [3.8, 4) is 16.9 Å². The van der Waals surface area contributed by atoms with E-state index in [1.165, 1.54) is 6.26 Å². The number of nitrogens with zero attached hydrogens (tertiary/aromatic N) is 1. The van der Waals surface area contributed by atoms with E-state index in [4.69, 9.17) is 9.47 Å². The van der Waals surface area contributed by atoms with E-state index in [9.17, 15) is 22.0 Å². The molecule has 0 radical (unpaired) electrons. The van der Waals surface area contributed by atoms with E-state index >= 15 is 0 Å². The van der Waals surface area contributed by atoms with Gasteiger partial charge >= 0.3 is 6.09 Å². The lowest BCUT2D eigenvalue weighted by Crippen LogP contribution is -2.51. The van der Waals surface area contributed by atoms with Crippen molar-refractivity contribution >= 4 is 15.9 Å². The van der Waals surface area contributed by atoms with E-state index in [2.05, 4.69) is 6.07 Å². The Bertz CT molecular complexity index is 1240. The van der Waals surface area contributed by atoms with Gasteiger partial charge in [0.2, 0.25) is 5.92 Å². The first-order chi connectivity index (χ1) is 17.5. The van der Waals surface area contributed by atoms with Crippen LogP contribution in [0.5, 0.6) is 5.75 Å². The molecule has 1 saturated heterocycles. The molecule has 0 bridgehead atoms. The number of hydrogen-bond donors (Lipinski definition) is 0. The fourth-order valence-electron chi connectivity index (χ4n) is 5.59. The Labute approximate surface area is 216 Å². The van der Waals surface area contributed by atoms with Crippen LogP contribution in [0.25, 0.3) is 11.1 Å². The van der Waals surface area contributed by atoms with E-state index in [1.807, 2.05) is 36.4 Å². The molecule has 2 heterocycles. The highest BCUT2D eigenvalue weighted by molar-refractivity contribution is 7.89. The van der Waals surface area contributed by atoms with Gasteiger partial charge in [-0.1, -0.05) is 30.3 Å². The van der Waals surface area contributed by atoms with Crippen LogP contribution in [0.1, 0.15) is 56.1 Å². The van der Waals surface area contributed by atoms with Crippen LogP contribution in [-0.2, 0) is 26.7 Å². The second kappa shape index (κ2) is 9.89. The number of aryl methyl sites for hydroxylation is 1. The zero-order valence-corrected chi connectivity index (χ0v) is 21.9. The molecule has 6 nitrogen and oxygen atoms in total. The highest BCUT2D eigenvalue weighted by Crippen LogP contribution is 2.41. The third-order valence-electron chi connectivity index (χ3n) is 7.82. The molecule has 2 aromatic carbocycles. The molecule has 1 aliphatic carbocycles. The second-order valence-corrected chi connectivity index (χ2v) is 12.9. The Morgan fingerprint density at radius 1 is 1.00 bits per heavy atom. The summed E-state index contributed by atoms with van der Waals surface area (Å²) in [7, 11) is -3.07. The van der Waals surface area contributed by atoms with Crippen LogP contribution in [-0.4, -0.2) is 56.4 Å². The lowest BCUT2D eigenvalue weighted by Gasteiger charge is -2.44. The predicted octanol–water partition coefficient (Wildman–Crippen LogP) is 5.77. The summed E-state index contributed by atoms with van der Waals surface area (Å²) in [5.74, 6) is -1.74. The molecule has 2 fully saturated rings. The molecule has 0 aromatic heterocycles. The number of carbonyl (C=O) groups is 1. The summed E-state index contributed by atoms with van der Waals surface area (Å²) in [5.41, 5.74) is 3.67. The number of fused-ring (bicyclic) bond motifs is 1. The molecular formula is C28H33F2NO5S. The molecule has 2 aromatic rings. The lowest BCUT2D eigenvalue weighted by atomic mass is 9.82. The van der Waals surface area contributed by atoms with Crippen molar-refractivity contribution in [2.45, 2.75) is 74.7 Å². The van der Waals surface area contributed by atoms with Gasteiger partial charge in [-0.05, 0) is 60.1 Å². The summed E-state index contributed by atoms with van der Waals surface area (Å²) in [5, 5.41) is 0. The summed E-state index contributed by atoms with van der Waals surface area (Å²) in [6, 6.07) is 13.7. The standard InChI is InChI=1S/C28H33F2NO5S/c1-37(33,34)19-20-2-4-21(5-3-20)22-6-7-25-23(18-22)8-11-27(36-25)14-16-31(17-15-27)26(32)35-24-9-12-28(29,30)13-10-24/h2-7,18,24H,8-17,19H2,1H3. The monoisotopic (exact) mass is 533 g/mol. The number of carbonyl (C=O) groups excluding carboxylic acids is 1. The number of sulfone groups is 1. The number of likely N-dealkylation sites (tertiary alicyclic amines) is 1. The van der Waals surface area contributed by atoms with E-state index in [0.29, 0.717) is 25.9 Å². The third kappa shape index (κ3) is 6.25. The highest BCUT2D eigenvalue weighted by Gasteiger charge is 2.42. The van der Waals surface area contributed by atoms with Gasteiger partial charge in [0, 0.05) is 45.0 Å². The van der Waals surface area contributed by atoms with Gasteiger partial charge < -0.3 is 14.4 Å². The van der Waals surface area contributed by atoms with Gasteiger partial charge in [-0.15, -0.1) is 0 Å². The van der Waals surface area contributed by atoms with E-state index in [-0.39, 0.29) is 37.0 Å². The number of ether oxygens (including phenoxy) is 2. The Morgan fingerprint density at radius 2 is 1.65 bits per heavy atom. The molecule has 2 aliphatic heterocycles. The van der Waals surface area contributed by atoms with Crippen molar-refractivity contribution in [2.24, 2.45) is 0 Å². The van der Waals surface area contributed by atoms with Gasteiger partial charge in [-0.2, -0.15) is 0 Å². The van der Waals surface area contributed by atoms with Gasteiger partial charge in [-0.3, -0.25) is 0 Å². The van der Waals surface area contributed by atoms with Gasteiger partial charge in [0.25, 0.3) is 0 Å². The zero-order chi connectivity index (χ0) is 26.3. The van der Waals surface area contributed by atoms with E-state index in [1.54, 1.807) is 4.90 Å². The van der Waals surface area contributed by atoms with Crippen molar-refractivity contribution in [3.05, 3.63) is 53.6 Å². The summed E-state index contributed by atoms with van der Waals surface area (Å²) < 4.78 is 61.8. The first-order valence-electron chi connectivity index (χ1n) is 12.9. The minimum atomic E-state index is -3.07. The van der Waals surface area contributed by atoms with Crippen molar-refractivity contribution < 1.29 is 31.5 Å². The number of benzene rings is 2. The average molecular weight is 534 g/mol. The smallest absolute Gasteiger partial charge is 0.410 e. The number of alkyl halides is 2. The maximum absolute atomic E-state index is 13.4. The molecule has 1 saturated carbocycles. The first kappa shape index (κ1) is 25.9. The molecule has 1 spiro atoms. The molecule has 9 heteroatoms. The van der Waals surface area contributed by atoms with Crippen LogP contribution >= 0.6 is 0 Å². The molecule has 1 amide bonds. The summed E-state index contributed by atoms with van der Waals surface area (Å²) >= 11 is 0.